The summed E-state index contributed by atoms with van der Waals surface area (Å²) in [6.07, 6.45) is 1.19. The minimum atomic E-state index is -3.75. The second-order valence-corrected chi connectivity index (χ2v) is 9.92. The van der Waals surface area contributed by atoms with E-state index in [1.54, 1.807) is 19.9 Å². The van der Waals surface area contributed by atoms with Gasteiger partial charge >= 0.3 is 0 Å². The van der Waals surface area contributed by atoms with Gasteiger partial charge in [0.25, 0.3) is 5.56 Å². The molecule has 0 atom stereocenters. The normalized spacial score (nSPS) is 13.5. The third-order valence-electron chi connectivity index (χ3n) is 4.91. The van der Waals surface area contributed by atoms with E-state index < -0.39 is 21.5 Å². The van der Waals surface area contributed by atoms with Crippen LogP contribution in [0.2, 0.25) is 0 Å². The number of fused-ring (bicyclic) bond motifs is 2. The van der Waals surface area contributed by atoms with Gasteiger partial charge in [0.05, 0.1) is 15.1 Å². The largest absolute Gasteiger partial charge is 0.486 e. The zero-order valence-corrected chi connectivity index (χ0v) is 19.2. The summed E-state index contributed by atoms with van der Waals surface area (Å²) < 4.78 is 39.7. The molecular weight excluding hydrogens is 456 g/mol. The van der Waals surface area contributed by atoms with E-state index in [1.165, 1.54) is 27.9 Å². The van der Waals surface area contributed by atoms with Crippen molar-refractivity contribution in [2.45, 2.75) is 25.3 Å². The van der Waals surface area contributed by atoms with E-state index in [2.05, 4.69) is 10.3 Å². The van der Waals surface area contributed by atoms with E-state index >= 15 is 0 Å². The van der Waals surface area contributed by atoms with Crippen molar-refractivity contribution < 1.29 is 22.7 Å². The number of pyridine rings is 1. The van der Waals surface area contributed by atoms with Gasteiger partial charge in [-0.15, -0.1) is 0 Å². The molecule has 0 unspecified atom stereocenters. The van der Waals surface area contributed by atoms with Crippen LogP contribution in [0.1, 0.15) is 13.8 Å². The minimum Gasteiger partial charge on any atom is -0.486 e. The van der Waals surface area contributed by atoms with Gasteiger partial charge in [0.15, 0.2) is 16.6 Å². The number of hydrogen-bond donors (Lipinski definition) is 1. The third-order valence-corrected chi connectivity index (χ3v) is 7.88. The Morgan fingerprint density at radius 3 is 2.56 bits per heavy atom. The summed E-state index contributed by atoms with van der Waals surface area (Å²) in [4.78, 5) is 29.1. The van der Waals surface area contributed by atoms with Gasteiger partial charge in [-0.25, -0.2) is 13.4 Å². The van der Waals surface area contributed by atoms with Crippen LogP contribution in [0.15, 0.2) is 40.2 Å². The van der Waals surface area contributed by atoms with Crippen molar-refractivity contribution in [3.05, 3.63) is 40.8 Å². The molecule has 0 spiro atoms. The number of thiazole rings is 1. The van der Waals surface area contributed by atoms with Gasteiger partial charge in [-0.05, 0) is 6.07 Å². The lowest BCUT2D eigenvalue weighted by Crippen LogP contribution is -2.33. The molecule has 1 aliphatic heterocycles. The van der Waals surface area contributed by atoms with Gasteiger partial charge in [-0.3, -0.25) is 9.59 Å². The maximum atomic E-state index is 12.7. The second-order valence-electron chi connectivity index (χ2n) is 6.95. The van der Waals surface area contributed by atoms with Crippen LogP contribution in [0.25, 0.3) is 10.2 Å². The maximum absolute atomic E-state index is 12.7. The molecule has 0 saturated heterocycles. The van der Waals surface area contributed by atoms with E-state index in [1.807, 2.05) is 6.07 Å². The van der Waals surface area contributed by atoms with E-state index in [4.69, 9.17) is 9.47 Å². The summed E-state index contributed by atoms with van der Waals surface area (Å²) in [7, 11) is -3.75. The average Bonchev–Trinajstić information content (AvgIpc) is 3.14. The van der Waals surface area contributed by atoms with Crippen molar-refractivity contribution in [3.63, 3.8) is 0 Å². The number of nitrogens with zero attached hydrogens (tertiary/aromatic N) is 3. The Bertz CT molecular complexity index is 1280. The van der Waals surface area contributed by atoms with Gasteiger partial charge in [0.1, 0.15) is 19.8 Å². The summed E-state index contributed by atoms with van der Waals surface area (Å²) in [5.41, 5.74) is 0.170. The second kappa shape index (κ2) is 8.88. The standard InChI is InChI=1S/C20H22N4O6S2/c1-3-24(4-2)32(27,28)13-5-6-19(26)23(11-13)12-18(25)22-20-21-14-9-15-16(10-17(14)31-20)30-8-7-29-15/h5-6,9-11H,3-4,7-8,12H2,1-2H3,(H,21,22,25). The molecule has 2 aromatic heterocycles. The zero-order chi connectivity index (χ0) is 22.9. The molecule has 1 N–H and O–H groups in total. The van der Waals surface area contributed by atoms with Gasteiger partial charge in [0, 0.05) is 37.5 Å². The van der Waals surface area contributed by atoms with Crippen LogP contribution in [-0.2, 0) is 21.4 Å². The molecule has 1 amide bonds. The van der Waals surface area contributed by atoms with Gasteiger partial charge < -0.3 is 19.4 Å². The SMILES string of the molecule is CCN(CC)S(=O)(=O)c1ccc(=O)n(CC(=O)Nc2nc3cc4c(cc3s2)OCCO4)c1. The van der Waals surface area contributed by atoms with E-state index in [0.29, 0.717) is 48.5 Å². The number of carbonyl (C=O) groups excluding carboxylic acids is 1. The van der Waals surface area contributed by atoms with Crippen molar-refractivity contribution in [1.29, 1.82) is 0 Å². The quantitative estimate of drug-likeness (QED) is 0.551. The van der Waals surface area contributed by atoms with Gasteiger partial charge in [0.2, 0.25) is 15.9 Å². The number of sulfonamides is 1. The lowest BCUT2D eigenvalue weighted by molar-refractivity contribution is -0.116. The lowest BCUT2D eigenvalue weighted by atomic mass is 10.3. The Hall–Kier alpha value is -2.96. The predicted octanol–water partition coefficient (Wildman–Crippen LogP) is 1.90. The fourth-order valence-corrected chi connectivity index (χ4v) is 5.70. The topological polar surface area (TPSA) is 120 Å². The first-order valence-corrected chi connectivity index (χ1v) is 12.3. The molecule has 4 rings (SSSR count). The number of nitrogens with one attached hydrogen (secondary N) is 1. The predicted molar refractivity (Wildman–Crippen MR) is 120 cm³/mol. The average molecular weight is 479 g/mol. The zero-order valence-electron chi connectivity index (χ0n) is 17.5. The monoisotopic (exact) mass is 478 g/mol. The van der Waals surface area contributed by atoms with Crippen LogP contribution in [0, 0.1) is 0 Å². The van der Waals surface area contributed by atoms with Crippen LogP contribution in [0.3, 0.4) is 0 Å². The number of carbonyl (C=O) groups is 1. The van der Waals surface area contributed by atoms with Crippen LogP contribution in [0.5, 0.6) is 11.5 Å². The first-order valence-electron chi connectivity index (χ1n) is 10.0. The number of ether oxygens (including phenoxy) is 2. The van der Waals surface area contributed by atoms with E-state index in [9.17, 15) is 18.0 Å². The minimum absolute atomic E-state index is 0.0424. The number of amides is 1. The van der Waals surface area contributed by atoms with Crippen LogP contribution in [-0.4, -0.2) is 54.5 Å². The lowest BCUT2D eigenvalue weighted by Gasteiger charge is -2.18. The highest BCUT2D eigenvalue weighted by atomic mass is 32.2. The first kappa shape index (κ1) is 22.2. The molecule has 0 bridgehead atoms. The summed E-state index contributed by atoms with van der Waals surface area (Å²) in [6.45, 7) is 4.65. The maximum Gasteiger partial charge on any atom is 0.251 e. The van der Waals surface area contributed by atoms with Crippen LogP contribution < -0.4 is 20.3 Å². The number of aromatic nitrogens is 2. The number of rotatable bonds is 7. The molecule has 0 aliphatic carbocycles. The molecule has 1 aromatic carbocycles. The molecule has 10 nitrogen and oxygen atoms in total. The van der Waals surface area contributed by atoms with Crippen LogP contribution >= 0.6 is 11.3 Å². The first-order chi connectivity index (χ1) is 15.3. The highest BCUT2D eigenvalue weighted by molar-refractivity contribution is 7.89. The molecule has 0 saturated carbocycles. The molecule has 1 aliphatic rings. The number of anilines is 1. The van der Waals surface area contributed by atoms with Gasteiger partial charge in [-0.1, -0.05) is 25.2 Å². The summed E-state index contributed by atoms with van der Waals surface area (Å²) in [5.74, 6) is 0.730. The molecule has 32 heavy (non-hydrogen) atoms. The van der Waals surface area contributed by atoms with Crippen molar-refractivity contribution in [1.82, 2.24) is 13.9 Å². The third kappa shape index (κ3) is 4.33. The van der Waals surface area contributed by atoms with E-state index in [-0.39, 0.29) is 11.4 Å². The molecular formula is C20H22N4O6S2. The highest BCUT2D eigenvalue weighted by Gasteiger charge is 2.23. The fourth-order valence-electron chi connectivity index (χ4n) is 3.33. The summed E-state index contributed by atoms with van der Waals surface area (Å²) in [6, 6.07) is 5.96. The van der Waals surface area contributed by atoms with Crippen molar-refractivity contribution >= 4 is 42.6 Å². The summed E-state index contributed by atoms with van der Waals surface area (Å²) in [5, 5.41) is 3.02. The molecule has 170 valence electrons. The molecule has 0 fully saturated rings. The Balaban J connectivity index is 1.53. The molecule has 3 heterocycles. The Kier molecular flexibility index (Phi) is 6.17. The van der Waals surface area contributed by atoms with Crippen LogP contribution in [0.4, 0.5) is 5.13 Å². The Labute approximate surface area is 188 Å². The number of hydrogen-bond acceptors (Lipinski definition) is 8. The van der Waals surface area contributed by atoms with Crippen molar-refractivity contribution in [2.75, 3.05) is 31.6 Å². The van der Waals surface area contributed by atoms with Gasteiger partial charge in [-0.2, -0.15) is 4.31 Å². The van der Waals surface area contributed by atoms with Crippen molar-refractivity contribution in [2.24, 2.45) is 0 Å². The smallest absolute Gasteiger partial charge is 0.251 e. The van der Waals surface area contributed by atoms with E-state index in [0.717, 1.165) is 15.3 Å². The molecule has 0 radical (unpaired) electrons. The van der Waals surface area contributed by atoms with Crippen molar-refractivity contribution in [3.8, 4) is 11.5 Å². The number of benzene rings is 1. The molecule has 3 aromatic rings. The highest BCUT2D eigenvalue weighted by Crippen LogP contribution is 2.37. The summed E-state index contributed by atoms with van der Waals surface area (Å²) >= 11 is 1.26. The Morgan fingerprint density at radius 1 is 1.19 bits per heavy atom. The fraction of sp³-hybridized carbons (Fsp3) is 0.350. The Morgan fingerprint density at radius 2 is 1.88 bits per heavy atom. The molecule has 12 heteroatoms.